The van der Waals surface area contributed by atoms with Crippen LogP contribution < -0.4 is 4.90 Å². The van der Waals surface area contributed by atoms with Crippen LogP contribution in [0.2, 0.25) is 0 Å². The normalized spacial score (nSPS) is 16.2. The van der Waals surface area contributed by atoms with Crippen molar-refractivity contribution in [2.24, 2.45) is 0 Å². The van der Waals surface area contributed by atoms with Gasteiger partial charge < -0.3 is 9.64 Å². The highest BCUT2D eigenvalue weighted by atomic mass is 19.4. The summed E-state index contributed by atoms with van der Waals surface area (Å²) in [6.07, 6.45) is -2.04. The Morgan fingerprint density at radius 1 is 0.842 bits per heavy atom. The van der Waals surface area contributed by atoms with Crippen molar-refractivity contribution >= 4 is 11.7 Å². The summed E-state index contributed by atoms with van der Waals surface area (Å²) in [5.41, 5.74) is 2.14. The molecule has 1 atom stereocenters. The molecule has 1 fully saturated rings. The third-order valence-electron chi connectivity index (χ3n) is 7.71. The number of hydrogen-bond donors (Lipinski definition) is 0. The lowest BCUT2D eigenvalue weighted by molar-refractivity contribution is -0.148. The number of nitrogens with zero attached hydrogens (tertiary/aromatic N) is 2. The monoisotopic (exact) mass is 524 g/mol. The Morgan fingerprint density at radius 3 is 2.11 bits per heavy atom. The van der Waals surface area contributed by atoms with Gasteiger partial charge in [0.05, 0.1) is 18.1 Å². The molecule has 4 nitrogen and oxygen atoms in total. The van der Waals surface area contributed by atoms with Gasteiger partial charge in [0.1, 0.15) is 0 Å². The van der Waals surface area contributed by atoms with E-state index >= 15 is 0 Å². The number of ether oxygens (including phenoxy) is 1. The summed E-state index contributed by atoms with van der Waals surface area (Å²) >= 11 is 0. The van der Waals surface area contributed by atoms with Crippen LogP contribution in [0.4, 0.5) is 18.9 Å². The molecule has 7 heteroatoms. The number of hydrogen-bond acceptors (Lipinski definition) is 4. The molecule has 0 aliphatic carbocycles. The predicted molar refractivity (Wildman–Crippen MR) is 145 cm³/mol. The molecule has 3 aromatic rings. The third-order valence-corrected chi connectivity index (χ3v) is 7.71. The van der Waals surface area contributed by atoms with E-state index in [1.807, 2.05) is 61.5 Å². The van der Waals surface area contributed by atoms with Gasteiger partial charge in [0.25, 0.3) is 0 Å². The Kier molecular flexibility index (Phi) is 8.77. The van der Waals surface area contributed by atoms with Gasteiger partial charge in [-0.2, -0.15) is 13.2 Å². The predicted octanol–water partition coefficient (Wildman–Crippen LogP) is 6.80. The van der Waals surface area contributed by atoms with Gasteiger partial charge in [-0.3, -0.25) is 9.69 Å². The first-order valence-corrected chi connectivity index (χ1v) is 13.2. The standard InChI is InChI=1S/C31H35F3N2O2/c1-3-30(29(37)38-2,26-10-5-4-6-11-26)17-8-18-35-19-21-36(22-20-35)28-15-13-24(14-16-28)25-9-7-12-27(23-25)31(32,33)34/h4-7,9-16,23H,3,8,17-22H2,1-2H3. The minimum absolute atomic E-state index is 0.176. The highest BCUT2D eigenvalue weighted by Gasteiger charge is 2.39. The Bertz CT molecular complexity index is 1190. The second kappa shape index (κ2) is 12.0. The Balaban J connectivity index is 1.32. The van der Waals surface area contributed by atoms with Gasteiger partial charge in [0, 0.05) is 31.9 Å². The van der Waals surface area contributed by atoms with Crippen molar-refractivity contribution in [2.45, 2.75) is 37.8 Å². The molecule has 1 unspecified atom stereocenters. The average molecular weight is 525 g/mol. The maximum absolute atomic E-state index is 13.1. The number of methoxy groups -OCH3 is 1. The van der Waals surface area contributed by atoms with Gasteiger partial charge >= 0.3 is 12.1 Å². The Hall–Kier alpha value is -3.32. The summed E-state index contributed by atoms with van der Waals surface area (Å²) in [7, 11) is 1.46. The molecule has 1 heterocycles. The maximum Gasteiger partial charge on any atom is 0.416 e. The van der Waals surface area contributed by atoms with Gasteiger partial charge in [-0.05, 0) is 66.8 Å². The number of alkyl halides is 3. The first-order valence-electron chi connectivity index (χ1n) is 13.2. The summed E-state index contributed by atoms with van der Waals surface area (Å²) in [4.78, 5) is 17.6. The van der Waals surface area contributed by atoms with Crippen molar-refractivity contribution in [3.05, 3.63) is 90.0 Å². The van der Waals surface area contributed by atoms with E-state index < -0.39 is 17.2 Å². The van der Waals surface area contributed by atoms with Crippen LogP contribution in [-0.4, -0.2) is 50.7 Å². The van der Waals surface area contributed by atoms with Gasteiger partial charge in [-0.15, -0.1) is 0 Å². The summed E-state index contributed by atoms with van der Waals surface area (Å²) in [5, 5.41) is 0. The summed E-state index contributed by atoms with van der Waals surface area (Å²) < 4.78 is 44.4. The van der Waals surface area contributed by atoms with Crippen LogP contribution >= 0.6 is 0 Å². The first-order chi connectivity index (χ1) is 18.3. The molecule has 0 N–H and O–H groups in total. The minimum Gasteiger partial charge on any atom is -0.468 e. The van der Waals surface area contributed by atoms with Crippen molar-refractivity contribution in [3.63, 3.8) is 0 Å². The van der Waals surface area contributed by atoms with E-state index in [-0.39, 0.29) is 5.97 Å². The van der Waals surface area contributed by atoms with Crippen LogP contribution in [-0.2, 0) is 21.1 Å². The zero-order valence-electron chi connectivity index (χ0n) is 22.0. The fourth-order valence-electron chi connectivity index (χ4n) is 5.42. The molecule has 1 aliphatic rings. The number of anilines is 1. The molecular weight excluding hydrogens is 489 g/mol. The lowest BCUT2D eigenvalue weighted by atomic mass is 9.74. The van der Waals surface area contributed by atoms with Gasteiger partial charge in [0.2, 0.25) is 0 Å². The van der Waals surface area contributed by atoms with Crippen molar-refractivity contribution in [2.75, 3.05) is 44.7 Å². The SMILES string of the molecule is CCC(CCCN1CCN(c2ccc(-c3cccc(C(F)(F)F)c3)cc2)CC1)(C(=O)OC)c1ccccc1. The second-order valence-electron chi connectivity index (χ2n) is 9.85. The van der Waals surface area contributed by atoms with Gasteiger partial charge in [0.15, 0.2) is 0 Å². The van der Waals surface area contributed by atoms with Crippen LogP contribution in [0.15, 0.2) is 78.9 Å². The molecule has 1 saturated heterocycles. The molecule has 0 spiro atoms. The molecule has 0 aromatic heterocycles. The average Bonchev–Trinajstić information content (AvgIpc) is 2.95. The van der Waals surface area contributed by atoms with E-state index in [2.05, 4.69) is 9.80 Å². The molecule has 4 rings (SSSR count). The van der Waals surface area contributed by atoms with E-state index in [1.165, 1.54) is 19.2 Å². The molecule has 3 aromatic carbocycles. The summed E-state index contributed by atoms with van der Waals surface area (Å²) in [6.45, 7) is 6.53. The highest BCUT2D eigenvalue weighted by Crippen LogP contribution is 2.35. The molecule has 0 amide bonds. The lowest BCUT2D eigenvalue weighted by Crippen LogP contribution is -2.47. The van der Waals surface area contributed by atoms with Crippen LogP contribution in [0.5, 0.6) is 0 Å². The first kappa shape index (κ1) is 27.7. The summed E-state index contributed by atoms with van der Waals surface area (Å²) in [6, 6.07) is 23.1. The van der Waals surface area contributed by atoms with E-state index in [9.17, 15) is 18.0 Å². The van der Waals surface area contributed by atoms with Crippen molar-refractivity contribution in [3.8, 4) is 11.1 Å². The summed E-state index contributed by atoms with van der Waals surface area (Å²) in [5.74, 6) is -0.176. The number of benzene rings is 3. The number of piperazine rings is 1. The molecule has 0 radical (unpaired) electrons. The number of carbonyl (C=O) groups excluding carboxylic acids is 1. The van der Waals surface area contributed by atoms with Gasteiger partial charge in [-0.25, -0.2) is 0 Å². The molecule has 202 valence electrons. The van der Waals surface area contributed by atoms with E-state index in [4.69, 9.17) is 4.74 Å². The van der Waals surface area contributed by atoms with E-state index in [0.29, 0.717) is 12.0 Å². The fourth-order valence-corrected chi connectivity index (χ4v) is 5.42. The second-order valence-corrected chi connectivity index (χ2v) is 9.85. The van der Waals surface area contributed by atoms with Crippen molar-refractivity contribution < 1.29 is 22.7 Å². The Morgan fingerprint density at radius 2 is 1.50 bits per heavy atom. The number of halogens is 3. The van der Waals surface area contributed by atoms with E-state index in [0.717, 1.165) is 68.4 Å². The zero-order valence-corrected chi connectivity index (χ0v) is 22.0. The number of esters is 1. The highest BCUT2D eigenvalue weighted by molar-refractivity contribution is 5.83. The molecule has 38 heavy (non-hydrogen) atoms. The quantitative estimate of drug-likeness (QED) is 0.289. The maximum atomic E-state index is 13.1. The zero-order chi connectivity index (χ0) is 27.2. The molecular formula is C31H35F3N2O2. The topological polar surface area (TPSA) is 32.8 Å². The molecule has 0 saturated carbocycles. The lowest BCUT2D eigenvalue weighted by Gasteiger charge is -2.37. The molecule has 1 aliphatic heterocycles. The molecule has 0 bridgehead atoms. The van der Waals surface area contributed by atoms with Crippen LogP contribution in [0.3, 0.4) is 0 Å². The van der Waals surface area contributed by atoms with Gasteiger partial charge in [-0.1, -0.05) is 61.5 Å². The van der Waals surface area contributed by atoms with Crippen LogP contribution in [0, 0.1) is 0 Å². The van der Waals surface area contributed by atoms with Crippen LogP contribution in [0.1, 0.15) is 37.3 Å². The number of carbonyl (C=O) groups is 1. The van der Waals surface area contributed by atoms with E-state index in [1.54, 1.807) is 6.07 Å². The minimum atomic E-state index is -4.35. The smallest absolute Gasteiger partial charge is 0.416 e. The Labute approximate surface area is 223 Å². The fraction of sp³-hybridized carbons (Fsp3) is 0.387. The number of rotatable bonds is 9. The van der Waals surface area contributed by atoms with Crippen molar-refractivity contribution in [1.82, 2.24) is 4.90 Å². The van der Waals surface area contributed by atoms with Crippen LogP contribution in [0.25, 0.3) is 11.1 Å². The largest absolute Gasteiger partial charge is 0.468 e. The van der Waals surface area contributed by atoms with Crippen molar-refractivity contribution in [1.29, 1.82) is 0 Å². The third kappa shape index (κ3) is 6.21.